The summed E-state index contributed by atoms with van der Waals surface area (Å²) >= 11 is 0. The average Bonchev–Trinajstić information content (AvgIpc) is 2.74. The largest absolute Gasteiger partial charge is 0.314 e. The summed E-state index contributed by atoms with van der Waals surface area (Å²) in [4.78, 5) is 0. The molecule has 1 aromatic heterocycles. The lowest BCUT2D eigenvalue weighted by Gasteiger charge is -2.12. The van der Waals surface area contributed by atoms with Crippen LogP contribution in [-0.4, -0.2) is 22.4 Å². The predicted molar refractivity (Wildman–Crippen MR) is 57.3 cm³/mol. The van der Waals surface area contributed by atoms with Gasteiger partial charge in [-0.15, -0.1) is 0 Å². The second-order valence-electron chi connectivity index (χ2n) is 4.14. The zero-order valence-electron chi connectivity index (χ0n) is 9.03. The summed E-state index contributed by atoms with van der Waals surface area (Å²) in [6.45, 7) is 3.26. The number of nitrogens with zero attached hydrogens (tertiary/aromatic N) is 2. The molecule has 1 saturated carbocycles. The van der Waals surface area contributed by atoms with Gasteiger partial charge in [-0.1, -0.05) is 6.92 Å². The van der Waals surface area contributed by atoms with E-state index in [1.807, 2.05) is 17.9 Å². The maximum Gasteiger partial charge on any atom is 0.0492 e. The molecule has 0 saturated heterocycles. The monoisotopic (exact) mass is 193 g/mol. The van der Waals surface area contributed by atoms with E-state index in [4.69, 9.17) is 0 Å². The highest BCUT2D eigenvalue weighted by atomic mass is 15.3. The zero-order chi connectivity index (χ0) is 9.97. The van der Waals surface area contributed by atoms with E-state index in [1.54, 1.807) is 0 Å². The molecular formula is C11H19N3. The van der Waals surface area contributed by atoms with Gasteiger partial charge in [0, 0.05) is 30.9 Å². The maximum absolute atomic E-state index is 4.23. The van der Waals surface area contributed by atoms with Crippen LogP contribution in [0.15, 0.2) is 12.3 Å². The van der Waals surface area contributed by atoms with E-state index in [1.165, 1.54) is 25.0 Å². The van der Waals surface area contributed by atoms with Crippen molar-refractivity contribution in [1.29, 1.82) is 0 Å². The van der Waals surface area contributed by atoms with E-state index in [0.717, 1.165) is 12.6 Å². The van der Waals surface area contributed by atoms with Crippen LogP contribution in [0.3, 0.4) is 0 Å². The average molecular weight is 193 g/mol. The minimum Gasteiger partial charge on any atom is -0.314 e. The van der Waals surface area contributed by atoms with Crippen LogP contribution in [0.5, 0.6) is 0 Å². The third-order valence-corrected chi connectivity index (χ3v) is 3.20. The zero-order valence-corrected chi connectivity index (χ0v) is 9.03. The first-order chi connectivity index (χ1) is 6.81. The maximum atomic E-state index is 4.23. The molecule has 0 radical (unpaired) electrons. The lowest BCUT2D eigenvalue weighted by molar-refractivity contribution is 0.527. The van der Waals surface area contributed by atoms with Crippen LogP contribution in [0.1, 0.15) is 37.8 Å². The molecule has 1 aliphatic rings. The standard InChI is InChI=1S/C11H19N3/c1-3-12-10-5-4-9(8-10)11-6-7-13-14(11)2/h6-7,9-10,12H,3-5,8H2,1-2H3. The van der Waals surface area contributed by atoms with E-state index in [0.29, 0.717) is 5.92 Å². The summed E-state index contributed by atoms with van der Waals surface area (Å²) in [7, 11) is 2.04. The van der Waals surface area contributed by atoms with E-state index in [2.05, 4.69) is 23.4 Å². The third-order valence-electron chi connectivity index (χ3n) is 3.20. The molecule has 1 fully saturated rings. The fourth-order valence-electron chi connectivity index (χ4n) is 2.51. The smallest absolute Gasteiger partial charge is 0.0492 e. The van der Waals surface area contributed by atoms with Crippen LogP contribution >= 0.6 is 0 Å². The van der Waals surface area contributed by atoms with Gasteiger partial charge in [-0.3, -0.25) is 4.68 Å². The highest BCUT2D eigenvalue weighted by molar-refractivity contribution is 5.10. The molecule has 0 spiro atoms. The summed E-state index contributed by atoms with van der Waals surface area (Å²) < 4.78 is 2.01. The molecule has 2 unspecified atom stereocenters. The van der Waals surface area contributed by atoms with Crippen LogP contribution in [0, 0.1) is 0 Å². The van der Waals surface area contributed by atoms with Crippen molar-refractivity contribution in [3.8, 4) is 0 Å². The van der Waals surface area contributed by atoms with Gasteiger partial charge in [0.25, 0.3) is 0 Å². The summed E-state index contributed by atoms with van der Waals surface area (Å²) in [6, 6.07) is 2.87. The second-order valence-corrected chi connectivity index (χ2v) is 4.14. The van der Waals surface area contributed by atoms with E-state index in [-0.39, 0.29) is 0 Å². The van der Waals surface area contributed by atoms with Crippen LogP contribution in [-0.2, 0) is 7.05 Å². The van der Waals surface area contributed by atoms with Crippen LogP contribution < -0.4 is 5.32 Å². The lowest BCUT2D eigenvalue weighted by atomic mass is 10.0. The molecule has 2 rings (SSSR count). The van der Waals surface area contributed by atoms with Crippen molar-refractivity contribution in [1.82, 2.24) is 15.1 Å². The second kappa shape index (κ2) is 4.13. The van der Waals surface area contributed by atoms with E-state index >= 15 is 0 Å². The molecule has 0 aromatic carbocycles. The summed E-state index contributed by atoms with van der Waals surface area (Å²) in [6.07, 6.45) is 5.78. The van der Waals surface area contributed by atoms with Crippen molar-refractivity contribution in [3.63, 3.8) is 0 Å². The van der Waals surface area contributed by atoms with Crippen molar-refractivity contribution in [2.45, 2.75) is 38.1 Å². The lowest BCUT2D eigenvalue weighted by Crippen LogP contribution is -2.25. The van der Waals surface area contributed by atoms with Crippen LogP contribution in [0.2, 0.25) is 0 Å². The van der Waals surface area contributed by atoms with Gasteiger partial charge in [0.05, 0.1) is 0 Å². The molecular weight excluding hydrogens is 174 g/mol. The molecule has 0 bridgehead atoms. The number of rotatable bonds is 3. The van der Waals surface area contributed by atoms with Crippen molar-refractivity contribution < 1.29 is 0 Å². The Kier molecular flexibility index (Phi) is 2.87. The minimum absolute atomic E-state index is 0.714. The molecule has 1 heterocycles. The molecule has 3 heteroatoms. The predicted octanol–water partition coefficient (Wildman–Crippen LogP) is 1.67. The van der Waals surface area contributed by atoms with Crippen molar-refractivity contribution in [2.75, 3.05) is 6.54 Å². The molecule has 0 amide bonds. The van der Waals surface area contributed by atoms with Gasteiger partial charge >= 0.3 is 0 Å². The Bertz CT molecular complexity index is 292. The molecule has 0 aliphatic heterocycles. The van der Waals surface area contributed by atoms with E-state index in [9.17, 15) is 0 Å². The molecule has 1 N–H and O–H groups in total. The van der Waals surface area contributed by atoms with Gasteiger partial charge in [0.15, 0.2) is 0 Å². The summed E-state index contributed by atoms with van der Waals surface area (Å²) in [5.41, 5.74) is 1.39. The van der Waals surface area contributed by atoms with Gasteiger partial charge in [-0.2, -0.15) is 5.10 Å². The van der Waals surface area contributed by atoms with Crippen LogP contribution in [0.25, 0.3) is 0 Å². The Balaban J connectivity index is 1.99. The fourth-order valence-corrected chi connectivity index (χ4v) is 2.51. The Morgan fingerprint density at radius 3 is 3.07 bits per heavy atom. The summed E-state index contributed by atoms with van der Waals surface area (Å²) in [5, 5.41) is 7.75. The number of aromatic nitrogens is 2. The Morgan fingerprint density at radius 1 is 1.57 bits per heavy atom. The highest BCUT2D eigenvalue weighted by Crippen LogP contribution is 2.33. The highest BCUT2D eigenvalue weighted by Gasteiger charge is 2.26. The Labute approximate surface area is 85.5 Å². The van der Waals surface area contributed by atoms with Gasteiger partial charge in [0.1, 0.15) is 0 Å². The first kappa shape index (κ1) is 9.71. The minimum atomic E-state index is 0.714. The normalized spacial score (nSPS) is 27.0. The number of nitrogens with one attached hydrogen (secondary N) is 1. The molecule has 78 valence electrons. The quantitative estimate of drug-likeness (QED) is 0.791. The molecule has 14 heavy (non-hydrogen) atoms. The first-order valence-electron chi connectivity index (χ1n) is 5.52. The third kappa shape index (κ3) is 1.82. The van der Waals surface area contributed by atoms with E-state index < -0.39 is 0 Å². The first-order valence-corrected chi connectivity index (χ1v) is 5.52. The topological polar surface area (TPSA) is 29.9 Å². The number of hydrogen-bond donors (Lipinski definition) is 1. The Hall–Kier alpha value is -0.830. The van der Waals surface area contributed by atoms with Gasteiger partial charge in [-0.25, -0.2) is 0 Å². The Morgan fingerprint density at radius 2 is 2.43 bits per heavy atom. The van der Waals surface area contributed by atoms with Crippen molar-refractivity contribution in [2.24, 2.45) is 7.05 Å². The SMILES string of the molecule is CCNC1CCC(c2ccnn2C)C1. The molecule has 1 aromatic rings. The van der Waals surface area contributed by atoms with Gasteiger partial charge in [0.2, 0.25) is 0 Å². The van der Waals surface area contributed by atoms with Gasteiger partial charge < -0.3 is 5.32 Å². The number of hydrogen-bond acceptors (Lipinski definition) is 2. The van der Waals surface area contributed by atoms with Gasteiger partial charge in [-0.05, 0) is 31.9 Å². The van der Waals surface area contributed by atoms with Crippen molar-refractivity contribution in [3.05, 3.63) is 18.0 Å². The van der Waals surface area contributed by atoms with Crippen LogP contribution in [0.4, 0.5) is 0 Å². The summed E-state index contributed by atoms with van der Waals surface area (Å²) in [5.74, 6) is 0.714. The molecule has 1 aliphatic carbocycles. The molecule has 2 atom stereocenters. The molecule has 3 nitrogen and oxygen atoms in total. The fraction of sp³-hybridized carbons (Fsp3) is 0.727. The van der Waals surface area contributed by atoms with Crippen molar-refractivity contribution >= 4 is 0 Å². The number of aryl methyl sites for hydroxylation is 1.